The van der Waals surface area contributed by atoms with Crippen LogP contribution < -0.4 is 10.6 Å². The van der Waals surface area contributed by atoms with Crippen LogP contribution in [0.25, 0.3) is 0 Å². The van der Waals surface area contributed by atoms with E-state index in [0.717, 1.165) is 32.5 Å². The summed E-state index contributed by atoms with van der Waals surface area (Å²) in [4.78, 5) is 12.0. The lowest BCUT2D eigenvalue weighted by atomic mass is 10.1. The molecule has 3 rings (SSSR count). The largest absolute Gasteiger partial charge is 0.349 e. The molecule has 8 heteroatoms. The average molecular weight is 332 g/mol. The maximum atomic E-state index is 12.0. The molecule has 3 heterocycles. The minimum absolute atomic E-state index is 0. The number of nitrogens with one attached hydrogen (secondary N) is 2. The van der Waals surface area contributed by atoms with E-state index in [2.05, 4.69) is 20.9 Å². The van der Waals surface area contributed by atoms with Gasteiger partial charge in [0.05, 0.1) is 12.2 Å². The van der Waals surface area contributed by atoms with Crippen LogP contribution in [-0.4, -0.2) is 51.5 Å². The molecule has 2 aliphatic rings. The zero-order chi connectivity index (χ0) is 13.8. The number of carbonyl (C=O) groups is 1. The first-order valence-electron chi connectivity index (χ1n) is 7.35. The first-order valence-corrected chi connectivity index (χ1v) is 8.40. The van der Waals surface area contributed by atoms with Gasteiger partial charge in [0.1, 0.15) is 0 Å². The average Bonchev–Trinajstić information content (AvgIpc) is 3.17. The van der Waals surface area contributed by atoms with E-state index in [0.29, 0.717) is 17.0 Å². The Kier molecular flexibility index (Phi) is 6.32. The van der Waals surface area contributed by atoms with Crippen molar-refractivity contribution in [3.63, 3.8) is 0 Å². The molecular weight excluding hydrogens is 310 g/mol. The number of hydrogen-bond acceptors (Lipinski definition) is 5. The molecule has 1 aromatic rings. The Morgan fingerprint density at radius 3 is 2.95 bits per heavy atom. The standard InChI is InChI=1S/C13H21N5OS.ClH/c19-13(15-8-11-2-1-7-20-11)12-9-18(17-16-12)10-3-5-14-6-4-10;/h9-11,14H,1-8H2,(H,15,19);1H. The van der Waals surface area contributed by atoms with Crippen molar-refractivity contribution in [2.75, 3.05) is 25.4 Å². The zero-order valence-electron chi connectivity index (χ0n) is 12.0. The molecule has 0 saturated carbocycles. The highest BCUT2D eigenvalue weighted by Gasteiger charge is 2.20. The third-order valence-corrected chi connectivity index (χ3v) is 5.34. The predicted molar refractivity (Wildman–Crippen MR) is 86.2 cm³/mol. The molecule has 2 aliphatic heterocycles. The fourth-order valence-electron chi connectivity index (χ4n) is 2.73. The van der Waals surface area contributed by atoms with Gasteiger partial charge in [0, 0.05) is 11.8 Å². The van der Waals surface area contributed by atoms with Gasteiger partial charge in [-0.3, -0.25) is 4.79 Å². The molecule has 0 spiro atoms. The lowest BCUT2D eigenvalue weighted by molar-refractivity contribution is 0.0948. The van der Waals surface area contributed by atoms with Crippen LogP contribution in [0, 0.1) is 0 Å². The number of nitrogens with zero attached hydrogens (tertiary/aromatic N) is 3. The van der Waals surface area contributed by atoms with Gasteiger partial charge in [0.15, 0.2) is 5.69 Å². The molecule has 6 nitrogen and oxygen atoms in total. The van der Waals surface area contributed by atoms with E-state index in [1.54, 1.807) is 6.20 Å². The van der Waals surface area contributed by atoms with Crippen molar-refractivity contribution in [1.82, 2.24) is 25.6 Å². The molecule has 118 valence electrons. The third kappa shape index (κ3) is 4.34. The summed E-state index contributed by atoms with van der Waals surface area (Å²) in [5, 5.41) is 15.0. The summed E-state index contributed by atoms with van der Waals surface area (Å²) < 4.78 is 1.85. The molecule has 2 N–H and O–H groups in total. The summed E-state index contributed by atoms with van der Waals surface area (Å²) in [6, 6.07) is 0.371. The summed E-state index contributed by atoms with van der Waals surface area (Å²) in [6.07, 6.45) is 6.34. The van der Waals surface area contributed by atoms with E-state index >= 15 is 0 Å². The summed E-state index contributed by atoms with van der Waals surface area (Å²) in [5.41, 5.74) is 0.437. The smallest absolute Gasteiger partial charge is 0.273 e. The number of amides is 1. The highest BCUT2D eigenvalue weighted by Crippen LogP contribution is 2.25. The molecule has 1 aromatic heterocycles. The van der Waals surface area contributed by atoms with Gasteiger partial charge in [-0.25, -0.2) is 4.68 Å². The number of piperidine rings is 1. The highest BCUT2D eigenvalue weighted by atomic mass is 35.5. The van der Waals surface area contributed by atoms with Crippen LogP contribution in [0.1, 0.15) is 42.2 Å². The number of hydrogen-bond donors (Lipinski definition) is 2. The lowest BCUT2D eigenvalue weighted by Gasteiger charge is -2.22. The van der Waals surface area contributed by atoms with E-state index in [-0.39, 0.29) is 18.3 Å². The molecule has 1 amide bonds. The molecule has 0 radical (unpaired) electrons. The van der Waals surface area contributed by atoms with Gasteiger partial charge in [0.2, 0.25) is 0 Å². The van der Waals surface area contributed by atoms with Crippen LogP contribution in [0.5, 0.6) is 0 Å². The van der Waals surface area contributed by atoms with Gasteiger partial charge in [0.25, 0.3) is 5.91 Å². The van der Waals surface area contributed by atoms with Crippen LogP contribution in [0.2, 0.25) is 0 Å². The summed E-state index contributed by atoms with van der Waals surface area (Å²) >= 11 is 1.94. The second-order valence-electron chi connectivity index (χ2n) is 5.41. The Bertz CT molecular complexity index is 457. The fourth-order valence-corrected chi connectivity index (χ4v) is 3.93. The van der Waals surface area contributed by atoms with Crippen molar-refractivity contribution < 1.29 is 4.79 Å². The molecule has 0 aliphatic carbocycles. The Morgan fingerprint density at radius 1 is 1.43 bits per heavy atom. The van der Waals surface area contributed by atoms with Crippen LogP contribution in [0.4, 0.5) is 0 Å². The normalized spacial score (nSPS) is 22.8. The van der Waals surface area contributed by atoms with Crippen molar-refractivity contribution in [3.8, 4) is 0 Å². The maximum absolute atomic E-state index is 12.0. The number of aromatic nitrogens is 3. The monoisotopic (exact) mass is 331 g/mol. The molecule has 2 fully saturated rings. The number of carbonyl (C=O) groups excluding carboxylic acids is 1. The topological polar surface area (TPSA) is 71.8 Å². The molecular formula is C13H22ClN5OS. The molecule has 0 aromatic carbocycles. The molecule has 1 atom stereocenters. The predicted octanol–water partition coefficient (Wildman–Crippen LogP) is 1.25. The second-order valence-corrected chi connectivity index (χ2v) is 6.82. The van der Waals surface area contributed by atoms with Crippen molar-refractivity contribution in [2.45, 2.75) is 37.0 Å². The number of halogens is 1. The van der Waals surface area contributed by atoms with Gasteiger partial charge in [-0.05, 0) is 44.5 Å². The van der Waals surface area contributed by atoms with E-state index in [1.165, 1.54) is 18.6 Å². The van der Waals surface area contributed by atoms with Crippen molar-refractivity contribution in [3.05, 3.63) is 11.9 Å². The summed E-state index contributed by atoms with van der Waals surface area (Å²) in [6.45, 7) is 2.75. The molecule has 21 heavy (non-hydrogen) atoms. The Balaban J connectivity index is 0.00000161. The Labute approximate surface area is 135 Å². The minimum Gasteiger partial charge on any atom is -0.349 e. The second kappa shape index (κ2) is 8.00. The van der Waals surface area contributed by atoms with Gasteiger partial charge in [-0.1, -0.05) is 5.21 Å². The van der Waals surface area contributed by atoms with E-state index in [4.69, 9.17) is 0 Å². The Morgan fingerprint density at radius 2 is 2.24 bits per heavy atom. The van der Waals surface area contributed by atoms with E-state index < -0.39 is 0 Å². The van der Waals surface area contributed by atoms with Crippen molar-refractivity contribution >= 4 is 30.1 Å². The van der Waals surface area contributed by atoms with Crippen LogP contribution >= 0.6 is 24.2 Å². The van der Waals surface area contributed by atoms with Gasteiger partial charge < -0.3 is 10.6 Å². The van der Waals surface area contributed by atoms with Crippen LogP contribution in [-0.2, 0) is 0 Å². The SMILES string of the molecule is Cl.O=C(NCC1CCCS1)c1cn(C2CCNCC2)nn1. The molecule has 1 unspecified atom stereocenters. The molecule has 2 saturated heterocycles. The quantitative estimate of drug-likeness (QED) is 0.869. The minimum atomic E-state index is -0.0994. The van der Waals surface area contributed by atoms with E-state index in [1.807, 2.05) is 16.4 Å². The first kappa shape index (κ1) is 16.6. The third-order valence-electron chi connectivity index (χ3n) is 3.94. The van der Waals surface area contributed by atoms with Gasteiger partial charge >= 0.3 is 0 Å². The van der Waals surface area contributed by atoms with Gasteiger partial charge in [-0.15, -0.1) is 17.5 Å². The summed E-state index contributed by atoms with van der Waals surface area (Å²) in [5.74, 6) is 1.12. The van der Waals surface area contributed by atoms with Crippen LogP contribution in [0.3, 0.4) is 0 Å². The fraction of sp³-hybridized carbons (Fsp3) is 0.769. The zero-order valence-corrected chi connectivity index (χ0v) is 13.6. The van der Waals surface area contributed by atoms with E-state index in [9.17, 15) is 4.79 Å². The van der Waals surface area contributed by atoms with Gasteiger partial charge in [-0.2, -0.15) is 11.8 Å². The first-order chi connectivity index (χ1) is 9.83. The Hall–Kier alpha value is -0.790. The number of rotatable bonds is 4. The summed E-state index contributed by atoms with van der Waals surface area (Å²) in [7, 11) is 0. The lowest BCUT2D eigenvalue weighted by Crippen LogP contribution is -2.30. The highest BCUT2D eigenvalue weighted by molar-refractivity contribution is 8.00. The van der Waals surface area contributed by atoms with Crippen LogP contribution in [0.15, 0.2) is 6.20 Å². The number of thioether (sulfide) groups is 1. The van der Waals surface area contributed by atoms with Crippen molar-refractivity contribution in [1.29, 1.82) is 0 Å². The van der Waals surface area contributed by atoms with Crippen molar-refractivity contribution in [2.24, 2.45) is 0 Å². The molecule has 0 bridgehead atoms. The maximum Gasteiger partial charge on any atom is 0.273 e.